The monoisotopic (exact) mass is 322 g/mol. The topological polar surface area (TPSA) is 61.3 Å². The number of halogens is 1. The van der Waals surface area contributed by atoms with Crippen molar-refractivity contribution in [2.24, 2.45) is 17.4 Å². The van der Waals surface area contributed by atoms with Gasteiger partial charge < -0.3 is 16.2 Å². The summed E-state index contributed by atoms with van der Waals surface area (Å²) in [6.07, 6.45) is 8.92. The van der Waals surface area contributed by atoms with Gasteiger partial charge in [0.1, 0.15) is 5.75 Å². The van der Waals surface area contributed by atoms with Gasteiger partial charge in [-0.05, 0) is 55.2 Å². The molecule has 0 aliphatic heterocycles. The lowest BCUT2D eigenvalue weighted by Gasteiger charge is -2.27. The Morgan fingerprint density at radius 2 is 1.86 bits per heavy atom. The van der Waals surface area contributed by atoms with Crippen LogP contribution in [0.15, 0.2) is 12.1 Å². The van der Waals surface area contributed by atoms with Crippen molar-refractivity contribution in [1.82, 2.24) is 0 Å². The van der Waals surface area contributed by atoms with Crippen LogP contribution in [0.1, 0.15) is 68.0 Å². The summed E-state index contributed by atoms with van der Waals surface area (Å²) in [6, 6.07) is 3.82. The quantitative estimate of drug-likeness (QED) is 0.827. The maximum atomic E-state index is 6.37. The first-order valence-corrected chi connectivity index (χ1v) is 8.98. The molecular formula is C18H27ClN2O. The molecule has 1 atom stereocenters. The third-order valence-electron chi connectivity index (χ3n) is 4.97. The third kappa shape index (κ3) is 3.76. The maximum absolute atomic E-state index is 6.37. The molecule has 0 bridgehead atoms. The minimum Gasteiger partial charge on any atom is -0.493 e. The highest BCUT2D eigenvalue weighted by Crippen LogP contribution is 2.43. The SMILES string of the molecule is NCC(N)c1cc(Cl)cc(C2CCCCC2)c1OCC1CC1. The van der Waals surface area contributed by atoms with Gasteiger partial charge in [0.25, 0.3) is 0 Å². The lowest BCUT2D eigenvalue weighted by molar-refractivity contribution is 0.287. The zero-order valence-electron chi connectivity index (χ0n) is 13.2. The molecule has 122 valence electrons. The van der Waals surface area contributed by atoms with Gasteiger partial charge in [-0.3, -0.25) is 0 Å². The normalized spacial score (nSPS) is 20.9. The van der Waals surface area contributed by atoms with Crippen LogP contribution in [0, 0.1) is 5.92 Å². The van der Waals surface area contributed by atoms with Gasteiger partial charge in [0.05, 0.1) is 6.61 Å². The predicted octanol–water partition coefficient (Wildman–Crippen LogP) is 4.14. The summed E-state index contributed by atoms with van der Waals surface area (Å²) in [5.41, 5.74) is 14.3. The molecule has 4 N–H and O–H groups in total. The van der Waals surface area contributed by atoms with Crippen molar-refractivity contribution < 1.29 is 4.74 Å². The Kier molecular flexibility index (Phi) is 5.27. The summed E-state index contributed by atoms with van der Waals surface area (Å²) < 4.78 is 6.23. The first kappa shape index (κ1) is 16.1. The van der Waals surface area contributed by atoms with Crippen LogP contribution < -0.4 is 16.2 Å². The van der Waals surface area contributed by atoms with Crippen LogP contribution >= 0.6 is 11.6 Å². The Morgan fingerprint density at radius 1 is 1.14 bits per heavy atom. The van der Waals surface area contributed by atoms with Crippen LogP contribution in [0.3, 0.4) is 0 Å². The molecule has 0 spiro atoms. The second kappa shape index (κ2) is 7.20. The zero-order valence-corrected chi connectivity index (χ0v) is 13.9. The molecule has 1 unspecified atom stereocenters. The van der Waals surface area contributed by atoms with E-state index in [4.69, 9.17) is 27.8 Å². The smallest absolute Gasteiger partial charge is 0.127 e. The Labute approximate surface area is 138 Å². The number of nitrogens with two attached hydrogens (primary N) is 2. The van der Waals surface area contributed by atoms with Gasteiger partial charge in [-0.2, -0.15) is 0 Å². The van der Waals surface area contributed by atoms with E-state index in [2.05, 4.69) is 6.07 Å². The highest BCUT2D eigenvalue weighted by molar-refractivity contribution is 6.30. The number of rotatable bonds is 6. The average Bonchev–Trinajstić information content (AvgIpc) is 3.37. The minimum absolute atomic E-state index is 0.213. The molecule has 2 saturated carbocycles. The zero-order chi connectivity index (χ0) is 15.5. The Morgan fingerprint density at radius 3 is 2.50 bits per heavy atom. The molecule has 4 heteroatoms. The molecule has 1 aromatic rings. The van der Waals surface area contributed by atoms with E-state index in [9.17, 15) is 0 Å². The fourth-order valence-electron chi connectivity index (χ4n) is 3.41. The van der Waals surface area contributed by atoms with Crippen molar-refractivity contribution in [3.8, 4) is 5.75 Å². The van der Waals surface area contributed by atoms with Gasteiger partial charge in [-0.15, -0.1) is 0 Å². The van der Waals surface area contributed by atoms with Crippen molar-refractivity contribution in [3.05, 3.63) is 28.3 Å². The molecular weight excluding hydrogens is 296 g/mol. The highest BCUT2D eigenvalue weighted by Gasteiger charge is 2.27. The molecule has 2 fully saturated rings. The number of benzene rings is 1. The predicted molar refractivity (Wildman–Crippen MR) is 91.5 cm³/mol. The molecule has 3 nitrogen and oxygen atoms in total. The summed E-state index contributed by atoms with van der Waals surface area (Å²) in [6.45, 7) is 1.20. The van der Waals surface area contributed by atoms with Crippen molar-refractivity contribution in [1.29, 1.82) is 0 Å². The van der Waals surface area contributed by atoms with E-state index in [0.717, 1.165) is 28.9 Å². The van der Waals surface area contributed by atoms with Crippen LogP contribution in [0.4, 0.5) is 0 Å². The van der Waals surface area contributed by atoms with E-state index in [0.29, 0.717) is 12.5 Å². The van der Waals surface area contributed by atoms with E-state index in [1.807, 2.05) is 6.07 Å². The van der Waals surface area contributed by atoms with Crippen LogP contribution in [0.25, 0.3) is 0 Å². The van der Waals surface area contributed by atoms with E-state index >= 15 is 0 Å². The summed E-state index contributed by atoms with van der Waals surface area (Å²) >= 11 is 6.37. The molecule has 2 aliphatic rings. The standard InChI is InChI=1S/C18H27ClN2O/c19-14-8-15(13-4-2-1-3-5-13)18(22-11-12-6-7-12)16(9-14)17(21)10-20/h8-9,12-13,17H,1-7,10-11,20-21H2. The highest BCUT2D eigenvalue weighted by atomic mass is 35.5. The van der Waals surface area contributed by atoms with Crippen LogP contribution in [-0.2, 0) is 0 Å². The van der Waals surface area contributed by atoms with Crippen LogP contribution in [0.2, 0.25) is 5.02 Å². The summed E-state index contributed by atoms with van der Waals surface area (Å²) in [4.78, 5) is 0. The largest absolute Gasteiger partial charge is 0.493 e. The second-order valence-corrected chi connectivity index (χ2v) is 7.28. The first-order chi connectivity index (χ1) is 10.7. The fraction of sp³-hybridized carbons (Fsp3) is 0.667. The molecule has 1 aromatic carbocycles. The van der Waals surface area contributed by atoms with E-state index in [-0.39, 0.29) is 6.04 Å². The summed E-state index contributed by atoms with van der Waals surface area (Å²) in [7, 11) is 0. The van der Waals surface area contributed by atoms with Gasteiger partial charge >= 0.3 is 0 Å². The number of ether oxygens (including phenoxy) is 1. The van der Waals surface area contributed by atoms with Crippen LogP contribution in [0.5, 0.6) is 5.75 Å². The molecule has 0 aromatic heterocycles. The van der Waals surface area contributed by atoms with Gasteiger partial charge in [0.15, 0.2) is 0 Å². The summed E-state index contributed by atoms with van der Waals surface area (Å²) in [5.74, 6) is 2.24. The second-order valence-electron chi connectivity index (χ2n) is 6.84. The van der Waals surface area contributed by atoms with Crippen molar-refractivity contribution in [2.45, 2.75) is 56.9 Å². The van der Waals surface area contributed by atoms with Crippen LogP contribution in [-0.4, -0.2) is 13.2 Å². The Balaban J connectivity index is 1.94. The van der Waals surface area contributed by atoms with E-state index in [1.54, 1.807) is 0 Å². The van der Waals surface area contributed by atoms with Gasteiger partial charge in [0, 0.05) is 23.2 Å². The minimum atomic E-state index is -0.213. The average molecular weight is 323 g/mol. The van der Waals surface area contributed by atoms with Gasteiger partial charge in [-0.25, -0.2) is 0 Å². The van der Waals surface area contributed by atoms with E-state index < -0.39 is 0 Å². The molecule has 0 heterocycles. The lowest BCUT2D eigenvalue weighted by atomic mass is 9.82. The van der Waals surface area contributed by atoms with Crippen molar-refractivity contribution in [3.63, 3.8) is 0 Å². The fourth-order valence-corrected chi connectivity index (χ4v) is 3.64. The van der Waals surface area contributed by atoms with E-state index in [1.165, 1.54) is 50.5 Å². The first-order valence-electron chi connectivity index (χ1n) is 8.60. The molecule has 0 saturated heterocycles. The molecule has 0 amide bonds. The van der Waals surface area contributed by atoms with Gasteiger partial charge in [-0.1, -0.05) is 30.9 Å². The maximum Gasteiger partial charge on any atom is 0.127 e. The lowest BCUT2D eigenvalue weighted by Crippen LogP contribution is -2.22. The molecule has 3 rings (SSSR count). The molecule has 22 heavy (non-hydrogen) atoms. The summed E-state index contributed by atoms with van der Waals surface area (Å²) in [5, 5.41) is 0.748. The Hall–Kier alpha value is -0.770. The number of hydrogen-bond donors (Lipinski definition) is 2. The molecule has 2 aliphatic carbocycles. The number of hydrogen-bond acceptors (Lipinski definition) is 3. The van der Waals surface area contributed by atoms with Crippen molar-refractivity contribution >= 4 is 11.6 Å². The van der Waals surface area contributed by atoms with Crippen molar-refractivity contribution in [2.75, 3.05) is 13.2 Å². The Bertz CT molecular complexity index is 510. The molecule has 0 radical (unpaired) electrons. The third-order valence-corrected chi connectivity index (χ3v) is 5.19. The van der Waals surface area contributed by atoms with Gasteiger partial charge in [0.2, 0.25) is 0 Å².